The minimum atomic E-state index is -0.563. The molecule has 52 heavy (non-hydrogen) atoms. The van der Waals surface area contributed by atoms with Gasteiger partial charge in [-0.25, -0.2) is 19.2 Å². The fourth-order valence-electron chi connectivity index (χ4n) is 7.95. The van der Waals surface area contributed by atoms with Crippen molar-refractivity contribution in [3.63, 3.8) is 0 Å². The topological polar surface area (TPSA) is 122 Å². The Labute approximate surface area is 306 Å². The number of aromatic amines is 1. The average molecular weight is 713 g/mol. The van der Waals surface area contributed by atoms with E-state index in [1.165, 1.54) is 24.0 Å². The van der Waals surface area contributed by atoms with E-state index in [0.717, 1.165) is 94.9 Å². The Morgan fingerprint density at radius 3 is 2.54 bits per heavy atom. The number of hydrogen-bond donors (Lipinski definition) is 4. The summed E-state index contributed by atoms with van der Waals surface area (Å²) in [5.41, 5.74) is 6.09. The number of aromatic nitrogens is 3. The molecule has 0 spiro atoms. The summed E-state index contributed by atoms with van der Waals surface area (Å²) in [5, 5.41) is 17.6. The average Bonchev–Trinajstić information content (AvgIpc) is 3.74. The van der Waals surface area contributed by atoms with Crippen molar-refractivity contribution in [3.8, 4) is 22.5 Å². The lowest BCUT2D eigenvalue weighted by atomic mass is 9.95. The minimum absolute atomic E-state index is 0.0317. The molecule has 2 aromatic carbocycles. The lowest BCUT2D eigenvalue weighted by Gasteiger charge is -2.35. The van der Waals surface area contributed by atoms with Gasteiger partial charge in [0.05, 0.1) is 24.5 Å². The number of ether oxygens (including phenoxy) is 1. The number of piperidine rings is 1. The zero-order valence-electron chi connectivity index (χ0n) is 30.7. The highest BCUT2D eigenvalue weighted by Gasteiger charge is 2.34. The van der Waals surface area contributed by atoms with E-state index >= 15 is 4.39 Å². The molecule has 3 fully saturated rings. The molecule has 0 unspecified atom stereocenters. The van der Waals surface area contributed by atoms with E-state index in [1.54, 1.807) is 4.90 Å². The monoisotopic (exact) mass is 712 g/mol. The molecule has 2 aromatic heterocycles. The number of carbonyl (C=O) groups is 1. The molecule has 278 valence electrons. The fraction of sp³-hybridized carbons (Fsp3) is 0.525. The highest BCUT2D eigenvalue weighted by Crippen LogP contribution is 2.35. The number of amides is 2. The van der Waals surface area contributed by atoms with E-state index in [4.69, 9.17) is 4.74 Å². The van der Waals surface area contributed by atoms with E-state index in [9.17, 15) is 9.90 Å². The van der Waals surface area contributed by atoms with Gasteiger partial charge in [0.2, 0.25) is 0 Å². The zero-order chi connectivity index (χ0) is 36.2. The van der Waals surface area contributed by atoms with Crippen LogP contribution in [-0.4, -0.2) is 119 Å². The predicted octanol–water partition coefficient (Wildman–Crippen LogP) is 5.50. The number of nitrogens with zero attached hydrogens (tertiary/aromatic N) is 5. The second kappa shape index (κ2) is 16.4. The molecular weight excluding hydrogens is 659 g/mol. The van der Waals surface area contributed by atoms with Crippen LogP contribution in [0, 0.1) is 24.6 Å². The van der Waals surface area contributed by atoms with Crippen LogP contribution >= 0.6 is 0 Å². The molecule has 2 atom stereocenters. The van der Waals surface area contributed by atoms with Crippen LogP contribution in [0.15, 0.2) is 48.8 Å². The smallest absolute Gasteiger partial charge is 0.321 e. The lowest BCUT2D eigenvalue weighted by molar-refractivity contribution is 0.0123. The Hall–Kier alpha value is -3.94. The number of rotatable bonds is 11. The predicted molar refractivity (Wildman–Crippen MR) is 203 cm³/mol. The van der Waals surface area contributed by atoms with Gasteiger partial charge < -0.3 is 30.4 Å². The van der Waals surface area contributed by atoms with Crippen LogP contribution in [0.3, 0.4) is 0 Å². The van der Waals surface area contributed by atoms with Gasteiger partial charge in [-0.15, -0.1) is 0 Å². The van der Waals surface area contributed by atoms with E-state index in [2.05, 4.69) is 73.5 Å². The molecule has 3 aliphatic heterocycles. The third kappa shape index (κ3) is 8.64. The van der Waals surface area contributed by atoms with Crippen molar-refractivity contribution < 1.29 is 19.0 Å². The van der Waals surface area contributed by atoms with Crippen molar-refractivity contribution in [2.45, 2.75) is 58.8 Å². The maximum absolute atomic E-state index is 15.1. The minimum Gasteiger partial charge on any atom is -0.391 e. The number of benzene rings is 2. The summed E-state index contributed by atoms with van der Waals surface area (Å²) < 4.78 is 21.2. The molecule has 0 radical (unpaired) electrons. The highest BCUT2D eigenvalue weighted by atomic mass is 19.1. The van der Waals surface area contributed by atoms with Crippen molar-refractivity contribution in [3.05, 3.63) is 65.7 Å². The summed E-state index contributed by atoms with van der Waals surface area (Å²) in [6, 6.07) is 13.1. The van der Waals surface area contributed by atoms with Gasteiger partial charge in [-0.1, -0.05) is 38.1 Å². The Kier molecular flexibility index (Phi) is 11.5. The molecule has 4 aromatic rings. The summed E-state index contributed by atoms with van der Waals surface area (Å²) >= 11 is 0. The van der Waals surface area contributed by atoms with Gasteiger partial charge in [-0.3, -0.25) is 9.80 Å². The number of H-pyrrole nitrogens is 1. The summed E-state index contributed by atoms with van der Waals surface area (Å²) in [6.07, 6.45) is 4.40. The van der Waals surface area contributed by atoms with Gasteiger partial charge in [0.1, 0.15) is 17.8 Å². The molecule has 3 saturated heterocycles. The van der Waals surface area contributed by atoms with Crippen molar-refractivity contribution in [1.82, 2.24) is 35.0 Å². The Morgan fingerprint density at radius 2 is 1.79 bits per heavy atom. The van der Waals surface area contributed by atoms with Crippen LogP contribution < -0.4 is 10.6 Å². The number of urea groups is 1. The first-order chi connectivity index (χ1) is 25.2. The molecule has 2 amide bonds. The molecule has 4 N–H and O–H groups in total. The normalized spacial score (nSPS) is 20.7. The number of aliphatic hydroxyl groups excluding tert-OH is 1. The van der Waals surface area contributed by atoms with Gasteiger partial charge in [0.15, 0.2) is 0 Å². The summed E-state index contributed by atoms with van der Waals surface area (Å²) in [7, 11) is 0. The number of halogens is 1. The number of fused-ring (bicyclic) bond motifs is 1. The van der Waals surface area contributed by atoms with Gasteiger partial charge in [0, 0.05) is 80.6 Å². The van der Waals surface area contributed by atoms with Crippen LogP contribution in [-0.2, 0) is 11.3 Å². The van der Waals surface area contributed by atoms with Crippen molar-refractivity contribution in [2.75, 3.05) is 70.8 Å². The fourth-order valence-corrected chi connectivity index (χ4v) is 7.95. The summed E-state index contributed by atoms with van der Waals surface area (Å²) in [6.45, 7) is 15.9. The van der Waals surface area contributed by atoms with Crippen LogP contribution in [0.5, 0.6) is 0 Å². The molecule has 0 saturated carbocycles. The molecule has 0 bridgehead atoms. The molecule has 0 aliphatic carbocycles. The number of piperazine rings is 1. The van der Waals surface area contributed by atoms with Crippen LogP contribution in [0.4, 0.5) is 14.9 Å². The van der Waals surface area contributed by atoms with E-state index in [-0.39, 0.29) is 18.5 Å². The number of hydrogen-bond acceptors (Lipinski definition) is 8. The molecule has 3 aliphatic rings. The van der Waals surface area contributed by atoms with Crippen molar-refractivity contribution >= 4 is 22.8 Å². The zero-order valence-corrected chi connectivity index (χ0v) is 30.7. The second-order valence-corrected chi connectivity index (χ2v) is 15.2. The number of carbonyl (C=O) groups excluding carboxylic acids is 1. The highest BCUT2D eigenvalue weighted by molar-refractivity contribution is 5.97. The quantitative estimate of drug-likeness (QED) is 0.161. The van der Waals surface area contributed by atoms with Crippen molar-refractivity contribution in [2.24, 2.45) is 11.8 Å². The van der Waals surface area contributed by atoms with E-state index in [0.29, 0.717) is 46.7 Å². The SMILES string of the molecule is Cc1c(NC(=O)N2C[C@H](CC(C)C)[C@@H](O)C2)cc(F)cc1-c1ncnc2[nH]c(-c3ccc(CN4CCN(CCOC5CCNCC5)CC4)cc3)cc12. The standard InChI is InChI=1S/C40H53FN8O3/c1-26(2)18-30-23-49(24-37(30)50)40(51)46-35-20-31(41)19-33(27(35)3)38-34-21-36(45-39(34)44-25-43-38)29-6-4-28(5-7-29)22-48-14-12-47(13-15-48)16-17-52-32-8-10-42-11-9-32/h4-7,19-21,25-26,30,32,37,42,50H,8-18,22-24H2,1-3H3,(H,46,51)(H,43,44,45)/t30-,37-/m0/s1. The number of likely N-dealkylation sites (tertiary alicyclic amines) is 1. The number of nitrogens with one attached hydrogen (secondary N) is 3. The number of β-amino-alcohol motifs (C(OH)–C–C–N with tert-alkyl or cyclic N) is 1. The summed E-state index contributed by atoms with van der Waals surface area (Å²) in [5.74, 6) is -0.0220. The maximum Gasteiger partial charge on any atom is 0.321 e. The van der Waals surface area contributed by atoms with Gasteiger partial charge in [0.25, 0.3) is 0 Å². The van der Waals surface area contributed by atoms with Crippen molar-refractivity contribution in [1.29, 1.82) is 0 Å². The molecular formula is C40H53FN8O3. The third-order valence-corrected chi connectivity index (χ3v) is 10.9. The first-order valence-electron chi connectivity index (χ1n) is 18.9. The Morgan fingerprint density at radius 1 is 1.04 bits per heavy atom. The third-order valence-electron chi connectivity index (χ3n) is 10.9. The van der Waals surface area contributed by atoms with Gasteiger partial charge in [-0.2, -0.15) is 0 Å². The Bertz CT molecular complexity index is 1820. The van der Waals surface area contributed by atoms with Crippen LogP contribution in [0.1, 0.15) is 44.2 Å². The first-order valence-corrected chi connectivity index (χ1v) is 18.9. The second-order valence-electron chi connectivity index (χ2n) is 15.2. The van der Waals surface area contributed by atoms with Gasteiger partial charge in [-0.05, 0) is 80.1 Å². The first kappa shape index (κ1) is 36.4. The van der Waals surface area contributed by atoms with Crippen LogP contribution in [0.25, 0.3) is 33.5 Å². The molecule has 12 heteroatoms. The molecule has 7 rings (SSSR count). The number of aliphatic hydroxyl groups is 1. The summed E-state index contributed by atoms with van der Waals surface area (Å²) in [4.78, 5) is 32.4. The maximum atomic E-state index is 15.1. The molecule has 5 heterocycles. The lowest BCUT2D eigenvalue weighted by Crippen LogP contribution is -2.47. The molecule has 11 nitrogen and oxygen atoms in total. The van der Waals surface area contributed by atoms with E-state index in [1.807, 2.05) is 13.0 Å². The largest absolute Gasteiger partial charge is 0.391 e. The number of anilines is 1. The van der Waals surface area contributed by atoms with Gasteiger partial charge >= 0.3 is 6.03 Å². The van der Waals surface area contributed by atoms with Crippen LogP contribution in [0.2, 0.25) is 0 Å². The Balaban J connectivity index is 0.984. The van der Waals surface area contributed by atoms with E-state index < -0.39 is 11.9 Å².